The second kappa shape index (κ2) is 9.86. The van der Waals surface area contributed by atoms with E-state index in [0.29, 0.717) is 11.8 Å². The molecule has 0 aliphatic carbocycles. The Bertz CT molecular complexity index is 1600. The third-order valence-corrected chi connectivity index (χ3v) is 11.3. The van der Waals surface area contributed by atoms with Crippen LogP contribution in [0.2, 0.25) is 0 Å². The Kier molecular flexibility index (Phi) is 6.57. The largest absolute Gasteiger partial charge is 0.353 e. The molecule has 3 aliphatic heterocycles. The Labute approximate surface area is 260 Å². The smallest absolute Gasteiger partial charge is 0.0990 e. The number of rotatable bonds is 4. The van der Waals surface area contributed by atoms with E-state index in [1.807, 2.05) is 23.5 Å². The lowest BCUT2D eigenvalue weighted by Crippen LogP contribution is -2.42. The molecule has 1 saturated heterocycles. The van der Waals surface area contributed by atoms with Gasteiger partial charge in [0.15, 0.2) is 0 Å². The van der Waals surface area contributed by atoms with Gasteiger partial charge in [-0.2, -0.15) is 0 Å². The molecule has 0 bridgehead atoms. The van der Waals surface area contributed by atoms with Crippen molar-refractivity contribution in [1.29, 1.82) is 0 Å². The monoisotopic (exact) mass is 589 g/mol. The number of hydrogen-bond acceptors (Lipinski definition) is 4. The van der Waals surface area contributed by atoms with Gasteiger partial charge in [-0.3, -0.25) is 0 Å². The number of fused-ring (bicyclic) bond motifs is 4. The third-order valence-electron chi connectivity index (χ3n) is 9.10. The van der Waals surface area contributed by atoms with Crippen molar-refractivity contribution in [2.45, 2.75) is 98.8 Å². The second-order valence-electron chi connectivity index (χ2n) is 13.9. The van der Waals surface area contributed by atoms with Gasteiger partial charge in [0.2, 0.25) is 0 Å². The van der Waals surface area contributed by atoms with E-state index in [1.165, 1.54) is 65.1 Å². The number of benzene rings is 4. The van der Waals surface area contributed by atoms with Crippen LogP contribution >= 0.6 is 23.5 Å². The first-order valence-corrected chi connectivity index (χ1v) is 16.9. The van der Waals surface area contributed by atoms with E-state index in [-0.39, 0.29) is 11.0 Å². The maximum absolute atomic E-state index is 2.76. The third kappa shape index (κ3) is 4.24. The van der Waals surface area contributed by atoms with E-state index in [9.17, 15) is 0 Å². The molecule has 0 amide bonds. The highest BCUT2D eigenvalue weighted by atomic mass is 32.2. The fraction of sp³-hybridized carbons (Fsp3) is 0.342. The van der Waals surface area contributed by atoms with Gasteiger partial charge in [-0.25, -0.2) is 0 Å². The minimum absolute atomic E-state index is 0.0109. The molecule has 7 rings (SSSR count). The molecule has 2 nitrogen and oxygen atoms in total. The molecular formula is C38H41N2S2. The molecule has 1 radical (unpaired) electrons. The van der Waals surface area contributed by atoms with Gasteiger partial charge >= 0.3 is 0 Å². The van der Waals surface area contributed by atoms with Gasteiger partial charge in [-0.15, -0.1) is 0 Å². The molecule has 0 spiro atoms. The lowest BCUT2D eigenvalue weighted by Gasteiger charge is -2.43. The van der Waals surface area contributed by atoms with Gasteiger partial charge in [0.25, 0.3) is 0 Å². The lowest BCUT2D eigenvalue weighted by atomic mass is 9.78. The zero-order valence-electron chi connectivity index (χ0n) is 26.1. The van der Waals surface area contributed by atoms with Gasteiger partial charge in [-0.1, -0.05) is 108 Å². The maximum Gasteiger partial charge on any atom is 0.0990 e. The van der Waals surface area contributed by atoms with Crippen LogP contribution < -0.4 is 9.80 Å². The Balaban J connectivity index is 1.47. The van der Waals surface area contributed by atoms with Gasteiger partial charge in [0.05, 0.1) is 23.1 Å². The summed E-state index contributed by atoms with van der Waals surface area (Å²) in [4.78, 5) is 10.6. The summed E-state index contributed by atoms with van der Waals surface area (Å²) < 4.78 is 0. The van der Waals surface area contributed by atoms with Crippen LogP contribution in [0.3, 0.4) is 0 Å². The van der Waals surface area contributed by atoms with E-state index >= 15 is 0 Å². The summed E-state index contributed by atoms with van der Waals surface area (Å²) in [5, 5.41) is 0. The summed E-state index contributed by atoms with van der Waals surface area (Å²) in [7, 11) is 0. The molecule has 0 unspecified atom stereocenters. The standard InChI is InChI=1S/C38H41N2S2/c1-23(2)26-14-13-15-27(24(3)4)34(26)40-36(37(5,6)22-38(40,7)8)25-20-32-35-33(21-25)42-31-19-12-10-17-29(31)39(35)28-16-9-11-18-30(28)41-32/h9-21,23-24H,22H2,1-8H3. The van der Waals surface area contributed by atoms with Crippen LogP contribution in [0.1, 0.15) is 90.3 Å². The molecule has 3 aliphatic rings. The first kappa shape index (κ1) is 28.0. The van der Waals surface area contributed by atoms with Crippen LogP contribution in [0, 0.1) is 11.5 Å². The number of anilines is 4. The van der Waals surface area contributed by atoms with Gasteiger partial charge in [0, 0.05) is 30.8 Å². The van der Waals surface area contributed by atoms with Gasteiger partial charge in [-0.05, 0) is 90.6 Å². The fourth-order valence-electron chi connectivity index (χ4n) is 7.71. The average Bonchev–Trinajstić information content (AvgIpc) is 3.14. The first-order valence-electron chi connectivity index (χ1n) is 15.3. The molecule has 0 atom stereocenters. The molecular weight excluding hydrogens is 549 g/mol. The highest BCUT2D eigenvalue weighted by molar-refractivity contribution is 8.00. The summed E-state index contributed by atoms with van der Waals surface area (Å²) in [5.74, 6) is 0.883. The topological polar surface area (TPSA) is 6.48 Å². The SMILES string of the molecule is CC(C)c1cccc(C(C)C)c1N1[C](c2cc3c4c(c2)Sc2ccccc2N4c2ccccc2S3)C(C)(C)CC1(C)C. The van der Waals surface area contributed by atoms with Crippen molar-refractivity contribution >= 4 is 46.3 Å². The van der Waals surface area contributed by atoms with Crippen LogP contribution in [0.25, 0.3) is 0 Å². The highest BCUT2D eigenvalue weighted by Gasteiger charge is 2.53. The molecule has 3 heterocycles. The summed E-state index contributed by atoms with van der Waals surface area (Å²) >= 11 is 3.85. The first-order chi connectivity index (χ1) is 20.0. The number of hydrogen-bond donors (Lipinski definition) is 0. The van der Waals surface area contributed by atoms with Crippen molar-refractivity contribution in [3.63, 3.8) is 0 Å². The number of para-hydroxylation sites is 3. The molecule has 4 aromatic carbocycles. The Hall–Kier alpha value is -2.82. The summed E-state index contributed by atoms with van der Waals surface area (Å²) in [5.41, 5.74) is 9.55. The van der Waals surface area contributed by atoms with Crippen molar-refractivity contribution in [2.75, 3.05) is 9.80 Å². The number of nitrogens with zero attached hydrogens (tertiary/aromatic N) is 2. The Morgan fingerprint density at radius 1 is 0.619 bits per heavy atom. The molecule has 215 valence electrons. The van der Waals surface area contributed by atoms with E-state index in [4.69, 9.17) is 0 Å². The zero-order valence-corrected chi connectivity index (χ0v) is 27.7. The fourth-order valence-corrected chi connectivity index (χ4v) is 10.0. The Morgan fingerprint density at radius 2 is 1.12 bits per heavy atom. The molecule has 0 saturated carbocycles. The van der Waals surface area contributed by atoms with Crippen molar-refractivity contribution in [2.24, 2.45) is 5.41 Å². The van der Waals surface area contributed by atoms with Crippen molar-refractivity contribution < 1.29 is 0 Å². The van der Waals surface area contributed by atoms with Crippen LogP contribution in [0.4, 0.5) is 22.7 Å². The molecule has 42 heavy (non-hydrogen) atoms. The quantitative estimate of drug-likeness (QED) is 0.202. The molecule has 0 aromatic heterocycles. The lowest BCUT2D eigenvalue weighted by molar-refractivity contribution is 0.376. The predicted octanol–water partition coefficient (Wildman–Crippen LogP) is 11.9. The maximum atomic E-state index is 2.76. The summed E-state index contributed by atoms with van der Waals surface area (Å²) in [6, 6.07) is 31.2. The van der Waals surface area contributed by atoms with E-state index in [1.54, 1.807) is 0 Å². The van der Waals surface area contributed by atoms with Crippen molar-refractivity contribution in [1.82, 2.24) is 0 Å². The average molecular weight is 590 g/mol. The van der Waals surface area contributed by atoms with Crippen LogP contribution in [-0.4, -0.2) is 5.54 Å². The van der Waals surface area contributed by atoms with Crippen LogP contribution in [-0.2, 0) is 0 Å². The van der Waals surface area contributed by atoms with Gasteiger partial charge < -0.3 is 9.80 Å². The molecule has 4 aromatic rings. The molecule has 1 fully saturated rings. The van der Waals surface area contributed by atoms with Crippen LogP contribution in [0.5, 0.6) is 0 Å². The van der Waals surface area contributed by atoms with E-state index < -0.39 is 0 Å². The van der Waals surface area contributed by atoms with Crippen LogP contribution in [0.15, 0.2) is 98.4 Å². The Morgan fingerprint density at radius 3 is 1.62 bits per heavy atom. The molecule has 4 heteroatoms. The van der Waals surface area contributed by atoms with Crippen molar-refractivity contribution in [3.8, 4) is 0 Å². The van der Waals surface area contributed by atoms with E-state index in [0.717, 1.165) is 6.42 Å². The molecule has 0 N–H and O–H groups in total. The van der Waals surface area contributed by atoms with Crippen molar-refractivity contribution in [3.05, 3.63) is 102 Å². The van der Waals surface area contributed by atoms with E-state index in [2.05, 4.69) is 144 Å². The predicted molar refractivity (Wildman–Crippen MR) is 181 cm³/mol. The van der Waals surface area contributed by atoms with Gasteiger partial charge in [0.1, 0.15) is 0 Å². The highest BCUT2D eigenvalue weighted by Crippen LogP contribution is 2.63. The minimum Gasteiger partial charge on any atom is -0.353 e. The second-order valence-corrected chi connectivity index (χ2v) is 16.1. The normalized spacial score (nSPS) is 18.3. The summed E-state index contributed by atoms with van der Waals surface area (Å²) in [6.45, 7) is 19.2. The zero-order chi connectivity index (χ0) is 29.6. The summed E-state index contributed by atoms with van der Waals surface area (Å²) in [6.07, 6.45) is 1.10. The minimum atomic E-state index is -0.0217.